The molecule has 0 aromatic heterocycles. The van der Waals surface area contributed by atoms with E-state index in [1.54, 1.807) is 4.90 Å². The van der Waals surface area contributed by atoms with Crippen molar-refractivity contribution in [1.29, 1.82) is 0 Å². The number of hydrogen-bond acceptors (Lipinski definition) is 5. The van der Waals surface area contributed by atoms with Gasteiger partial charge in [0.1, 0.15) is 12.0 Å². The van der Waals surface area contributed by atoms with Gasteiger partial charge >= 0.3 is 6.18 Å². The SMILES string of the molecule is O=C([O-])C(F)(F)F.O=C1c2c3ccc(NC4CC[NH2+]CC4)c2C(=O)N(c2cccc(Br)c2)C1C=C3. The number of benzene rings is 2. The van der Waals surface area contributed by atoms with Crippen molar-refractivity contribution < 1.29 is 38.0 Å². The average molecular weight is 552 g/mol. The molecule has 2 aliphatic heterocycles. The van der Waals surface area contributed by atoms with E-state index in [2.05, 4.69) is 26.6 Å². The predicted molar refractivity (Wildman–Crippen MR) is 124 cm³/mol. The summed E-state index contributed by atoms with van der Waals surface area (Å²) >= 11 is 3.47. The number of halogens is 4. The predicted octanol–water partition coefficient (Wildman–Crippen LogP) is 2.12. The van der Waals surface area contributed by atoms with Gasteiger partial charge in [0, 0.05) is 40.3 Å². The highest BCUT2D eigenvalue weighted by Crippen LogP contribution is 2.39. The van der Waals surface area contributed by atoms with Crippen LogP contribution in [0.25, 0.3) is 6.08 Å². The first-order valence-electron chi connectivity index (χ1n) is 10.9. The van der Waals surface area contributed by atoms with Crippen molar-refractivity contribution in [3.63, 3.8) is 0 Å². The number of quaternary nitrogens is 1. The fourth-order valence-electron chi connectivity index (χ4n) is 4.44. The second kappa shape index (κ2) is 9.82. The highest BCUT2D eigenvalue weighted by Gasteiger charge is 2.43. The fourth-order valence-corrected chi connectivity index (χ4v) is 4.83. The molecule has 2 aromatic carbocycles. The molecule has 1 saturated heterocycles. The number of piperidine rings is 1. The van der Waals surface area contributed by atoms with E-state index in [-0.39, 0.29) is 11.7 Å². The summed E-state index contributed by atoms with van der Waals surface area (Å²) in [6.07, 6.45) is 0.700. The van der Waals surface area contributed by atoms with Crippen LogP contribution in [0.2, 0.25) is 0 Å². The minimum absolute atomic E-state index is 0.00676. The first-order valence-corrected chi connectivity index (χ1v) is 11.7. The third-order valence-electron chi connectivity index (χ3n) is 6.04. The van der Waals surface area contributed by atoms with Gasteiger partial charge in [0.2, 0.25) is 0 Å². The molecule has 2 aromatic rings. The Bertz CT molecular complexity index is 1210. The van der Waals surface area contributed by atoms with E-state index in [9.17, 15) is 22.8 Å². The number of rotatable bonds is 3. The summed E-state index contributed by atoms with van der Waals surface area (Å²) in [6.45, 7) is 2.17. The molecule has 5 rings (SSSR count). The molecule has 7 nitrogen and oxygen atoms in total. The Morgan fingerprint density at radius 2 is 1.80 bits per heavy atom. The minimum Gasteiger partial charge on any atom is -0.542 e. The smallest absolute Gasteiger partial charge is 0.430 e. The number of nitrogens with two attached hydrogens (primary N) is 1. The number of carbonyl (C=O) groups excluding carboxylic acids is 3. The largest absolute Gasteiger partial charge is 0.542 e. The highest BCUT2D eigenvalue weighted by molar-refractivity contribution is 9.10. The second-order valence-electron chi connectivity index (χ2n) is 8.35. The van der Waals surface area contributed by atoms with Crippen molar-refractivity contribution >= 4 is 51.0 Å². The number of nitrogens with zero attached hydrogens (tertiary/aromatic N) is 1. The zero-order chi connectivity index (χ0) is 25.3. The van der Waals surface area contributed by atoms with Crippen LogP contribution in [0.1, 0.15) is 39.1 Å². The Balaban J connectivity index is 0.000000364. The molecule has 2 bridgehead atoms. The number of amides is 1. The van der Waals surface area contributed by atoms with Gasteiger partial charge in [0.25, 0.3) is 5.91 Å². The van der Waals surface area contributed by atoms with Crippen LogP contribution in [0, 0.1) is 0 Å². The van der Waals surface area contributed by atoms with Gasteiger partial charge in [0.05, 0.1) is 18.7 Å². The van der Waals surface area contributed by atoms with Gasteiger partial charge in [-0.3, -0.25) is 14.5 Å². The number of carboxylic acids is 1. The van der Waals surface area contributed by atoms with Crippen molar-refractivity contribution in [3.8, 4) is 0 Å². The van der Waals surface area contributed by atoms with E-state index in [1.807, 2.05) is 48.6 Å². The molecule has 0 spiro atoms. The summed E-state index contributed by atoms with van der Waals surface area (Å²) < 4.78 is 32.4. The maximum atomic E-state index is 13.6. The van der Waals surface area contributed by atoms with Crippen molar-refractivity contribution in [2.45, 2.75) is 31.1 Å². The lowest BCUT2D eigenvalue weighted by molar-refractivity contribution is -0.662. The number of Topliss-reactive ketones (excluding diaryl/α,β-unsaturated/α-hetero) is 1. The van der Waals surface area contributed by atoms with Crippen LogP contribution in [-0.2, 0) is 4.79 Å². The Kier molecular flexibility index (Phi) is 7.00. The van der Waals surface area contributed by atoms with E-state index in [4.69, 9.17) is 9.90 Å². The zero-order valence-electron chi connectivity index (χ0n) is 18.3. The molecule has 3 aliphatic rings. The molecule has 11 heteroatoms. The maximum absolute atomic E-state index is 13.6. The van der Waals surface area contributed by atoms with Crippen LogP contribution in [0.5, 0.6) is 0 Å². The topological polar surface area (TPSA) is 106 Å². The average Bonchev–Trinajstić information content (AvgIpc) is 2.80. The van der Waals surface area contributed by atoms with E-state index in [1.165, 1.54) is 0 Å². The Morgan fingerprint density at radius 1 is 1.11 bits per heavy atom. The van der Waals surface area contributed by atoms with E-state index in [0.29, 0.717) is 17.2 Å². The lowest BCUT2D eigenvalue weighted by atomic mass is 9.82. The van der Waals surface area contributed by atoms with E-state index in [0.717, 1.165) is 47.3 Å². The molecule has 184 valence electrons. The first kappa shape index (κ1) is 24.9. The van der Waals surface area contributed by atoms with Gasteiger partial charge < -0.3 is 20.5 Å². The number of anilines is 2. The molecule has 3 N–H and O–H groups in total. The van der Waals surface area contributed by atoms with Crippen LogP contribution in [0.3, 0.4) is 0 Å². The van der Waals surface area contributed by atoms with Crippen molar-refractivity contribution in [2.75, 3.05) is 23.3 Å². The molecule has 2 heterocycles. The molecular formula is C24H21BrF3N3O4. The number of aliphatic carboxylic acids is 1. The molecule has 1 amide bonds. The third kappa shape index (κ3) is 5.10. The van der Waals surface area contributed by atoms with Crippen LogP contribution in [-0.4, -0.2) is 49.0 Å². The molecular weight excluding hydrogens is 531 g/mol. The standard InChI is InChI=1S/C22H20BrN3O2.C2HF3O2/c23-14-2-1-3-16(12-14)26-18-7-5-13-4-6-17(25-15-8-10-24-11-9-15)20(22(26)28)19(13)21(18)27;3-2(4,5)1(6)7/h1-7,12,15,18,24-25H,8-11H2;(H,6,7). The Morgan fingerprint density at radius 3 is 2.43 bits per heavy atom. The van der Waals surface area contributed by atoms with Gasteiger partial charge in [-0.05, 0) is 29.8 Å². The highest BCUT2D eigenvalue weighted by atomic mass is 79.9. The second-order valence-corrected chi connectivity index (χ2v) is 9.26. The Labute approximate surface area is 207 Å². The first-order chi connectivity index (χ1) is 16.6. The number of ketones is 1. The van der Waals surface area contributed by atoms with Gasteiger partial charge in [-0.2, -0.15) is 13.2 Å². The molecule has 1 unspecified atom stereocenters. The summed E-state index contributed by atoms with van der Waals surface area (Å²) in [5, 5.41) is 14.7. The minimum atomic E-state index is -5.19. The molecule has 0 radical (unpaired) electrons. The molecule has 1 atom stereocenters. The van der Waals surface area contributed by atoms with Gasteiger partial charge in [0.15, 0.2) is 5.78 Å². The van der Waals surface area contributed by atoms with Crippen molar-refractivity contribution in [1.82, 2.24) is 0 Å². The summed E-state index contributed by atoms with van der Waals surface area (Å²) in [5.74, 6) is -3.13. The number of carboxylic acid groups (broad SMARTS) is 1. The van der Waals surface area contributed by atoms with Gasteiger partial charge in [-0.15, -0.1) is 0 Å². The molecule has 0 saturated carbocycles. The van der Waals surface area contributed by atoms with Crippen molar-refractivity contribution in [2.24, 2.45) is 0 Å². The maximum Gasteiger partial charge on any atom is 0.430 e. The summed E-state index contributed by atoms with van der Waals surface area (Å²) in [4.78, 5) is 37.3. The summed E-state index contributed by atoms with van der Waals surface area (Å²) in [7, 11) is 0. The monoisotopic (exact) mass is 551 g/mol. The lowest BCUT2D eigenvalue weighted by Gasteiger charge is -2.38. The Hall–Kier alpha value is -3.18. The van der Waals surface area contributed by atoms with Crippen LogP contribution in [0.15, 0.2) is 46.9 Å². The summed E-state index contributed by atoms with van der Waals surface area (Å²) in [5.41, 5.74) is 3.41. The zero-order valence-corrected chi connectivity index (χ0v) is 19.9. The number of fused-ring (bicyclic) bond motifs is 1. The van der Waals surface area contributed by atoms with Crippen LogP contribution < -0.4 is 20.6 Å². The fraction of sp³-hybridized carbons (Fsp3) is 0.292. The van der Waals surface area contributed by atoms with E-state index < -0.39 is 18.2 Å². The van der Waals surface area contributed by atoms with Crippen molar-refractivity contribution in [3.05, 3.63) is 63.6 Å². The number of alkyl halides is 3. The number of nitrogens with one attached hydrogen (secondary N) is 1. The molecule has 1 aliphatic carbocycles. The normalized spacial score (nSPS) is 19.2. The van der Waals surface area contributed by atoms with Gasteiger partial charge in [-0.25, -0.2) is 0 Å². The quantitative estimate of drug-likeness (QED) is 0.607. The van der Waals surface area contributed by atoms with Crippen LogP contribution in [0.4, 0.5) is 24.5 Å². The molecule has 35 heavy (non-hydrogen) atoms. The lowest BCUT2D eigenvalue weighted by Crippen LogP contribution is -2.87. The van der Waals surface area contributed by atoms with Crippen LogP contribution >= 0.6 is 15.9 Å². The molecule has 1 fully saturated rings. The van der Waals surface area contributed by atoms with Gasteiger partial charge in [-0.1, -0.05) is 40.2 Å². The number of hydrogen-bond donors (Lipinski definition) is 2. The third-order valence-corrected chi connectivity index (χ3v) is 6.53. The summed E-state index contributed by atoms with van der Waals surface area (Å²) in [6, 6.07) is 11.2. The number of carbonyl (C=O) groups is 3. The van der Waals surface area contributed by atoms with E-state index >= 15 is 0 Å².